The van der Waals surface area contributed by atoms with Gasteiger partial charge in [-0.2, -0.15) is 0 Å². The minimum absolute atomic E-state index is 0.161. The van der Waals surface area contributed by atoms with Crippen molar-refractivity contribution in [1.29, 1.82) is 0 Å². The first-order valence-corrected chi connectivity index (χ1v) is 6.18. The largest absolute Gasteiger partial charge is 0.385 e. The molecule has 1 N–H and O–H groups in total. The molecule has 0 aliphatic heterocycles. The summed E-state index contributed by atoms with van der Waals surface area (Å²) in [6.07, 6.45) is 3.46. The predicted molar refractivity (Wildman–Crippen MR) is 68.6 cm³/mol. The van der Waals surface area contributed by atoms with Gasteiger partial charge in [0.1, 0.15) is 5.82 Å². The van der Waals surface area contributed by atoms with Crippen LogP contribution in [-0.2, 0) is 11.3 Å². The van der Waals surface area contributed by atoms with Crippen LogP contribution in [0.4, 0.5) is 4.39 Å². The van der Waals surface area contributed by atoms with E-state index in [9.17, 15) is 4.39 Å². The van der Waals surface area contributed by atoms with Crippen molar-refractivity contribution in [3.63, 3.8) is 0 Å². The van der Waals surface area contributed by atoms with Crippen LogP contribution in [0.1, 0.15) is 30.4 Å². The monoisotopic (exact) mass is 239 g/mol. The molecule has 0 aromatic heterocycles. The van der Waals surface area contributed by atoms with Gasteiger partial charge in [-0.1, -0.05) is 6.07 Å². The Bertz CT molecular complexity index is 328. The lowest BCUT2D eigenvalue weighted by Gasteiger charge is -2.07. The molecule has 0 radical (unpaired) electrons. The average molecular weight is 239 g/mol. The number of ether oxygens (including phenoxy) is 1. The molecular formula is C14H22FNO. The summed E-state index contributed by atoms with van der Waals surface area (Å²) in [5.41, 5.74) is 2.18. The normalized spacial score (nSPS) is 10.8. The Morgan fingerprint density at radius 1 is 1.24 bits per heavy atom. The number of hydrogen-bond acceptors (Lipinski definition) is 2. The Balaban J connectivity index is 2.14. The molecule has 0 spiro atoms. The Hall–Kier alpha value is -0.930. The van der Waals surface area contributed by atoms with Gasteiger partial charge in [-0.25, -0.2) is 4.39 Å². The number of rotatable bonds is 8. The Morgan fingerprint density at radius 2 is 2.06 bits per heavy atom. The maximum absolute atomic E-state index is 12.9. The van der Waals surface area contributed by atoms with E-state index in [-0.39, 0.29) is 5.82 Å². The highest BCUT2D eigenvalue weighted by Crippen LogP contribution is 2.09. The van der Waals surface area contributed by atoms with Gasteiger partial charge >= 0.3 is 0 Å². The lowest BCUT2D eigenvalue weighted by molar-refractivity contribution is 0.192. The molecule has 0 saturated carbocycles. The number of methoxy groups -OCH3 is 1. The first kappa shape index (κ1) is 14.1. The maximum atomic E-state index is 12.9. The third kappa shape index (κ3) is 5.80. The number of benzene rings is 1. The summed E-state index contributed by atoms with van der Waals surface area (Å²) < 4.78 is 17.9. The SMILES string of the molecule is COCCCCCNCc1ccc(F)cc1C. The van der Waals surface area contributed by atoms with Gasteiger partial charge in [-0.15, -0.1) is 0 Å². The van der Waals surface area contributed by atoms with E-state index in [1.165, 1.54) is 18.1 Å². The second-order valence-corrected chi connectivity index (χ2v) is 4.30. The zero-order valence-electron chi connectivity index (χ0n) is 10.8. The first-order chi connectivity index (χ1) is 8.24. The third-order valence-electron chi connectivity index (χ3n) is 2.82. The molecule has 0 heterocycles. The van der Waals surface area contributed by atoms with Crippen LogP contribution >= 0.6 is 0 Å². The number of nitrogens with one attached hydrogen (secondary N) is 1. The van der Waals surface area contributed by atoms with E-state index in [0.717, 1.165) is 38.1 Å². The van der Waals surface area contributed by atoms with E-state index < -0.39 is 0 Å². The fourth-order valence-corrected chi connectivity index (χ4v) is 1.75. The minimum atomic E-state index is -0.161. The Morgan fingerprint density at radius 3 is 2.76 bits per heavy atom. The van der Waals surface area contributed by atoms with Crippen molar-refractivity contribution in [3.8, 4) is 0 Å². The van der Waals surface area contributed by atoms with Crippen LogP contribution in [0, 0.1) is 12.7 Å². The lowest BCUT2D eigenvalue weighted by Crippen LogP contribution is -2.15. The zero-order valence-corrected chi connectivity index (χ0v) is 10.8. The molecule has 1 aromatic carbocycles. The van der Waals surface area contributed by atoms with Crippen LogP contribution in [0.3, 0.4) is 0 Å². The molecule has 0 saturated heterocycles. The highest BCUT2D eigenvalue weighted by molar-refractivity contribution is 5.26. The van der Waals surface area contributed by atoms with Gasteiger partial charge in [-0.3, -0.25) is 0 Å². The fourth-order valence-electron chi connectivity index (χ4n) is 1.75. The van der Waals surface area contributed by atoms with Crippen molar-refractivity contribution in [1.82, 2.24) is 5.32 Å². The zero-order chi connectivity index (χ0) is 12.5. The Labute approximate surface area is 103 Å². The lowest BCUT2D eigenvalue weighted by atomic mass is 10.1. The molecule has 0 aliphatic carbocycles. The number of aryl methyl sites for hydroxylation is 1. The number of hydrogen-bond donors (Lipinski definition) is 1. The molecule has 1 rings (SSSR count). The van der Waals surface area contributed by atoms with Crippen LogP contribution in [0.5, 0.6) is 0 Å². The molecule has 0 aliphatic rings. The quantitative estimate of drug-likeness (QED) is 0.704. The van der Waals surface area contributed by atoms with Gasteiger partial charge in [0.05, 0.1) is 0 Å². The molecule has 0 atom stereocenters. The van der Waals surface area contributed by atoms with Crippen molar-refractivity contribution in [2.45, 2.75) is 32.7 Å². The van der Waals surface area contributed by atoms with Crippen LogP contribution in [0.2, 0.25) is 0 Å². The summed E-state index contributed by atoms with van der Waals surface area (Å²) in [5, 5.41) is 3.38. The van der Waals surface area contributed by atoms with Crippen LogP contribution < -0.4 is 5.32 Å². The van der Waals surface area contributed by atoms with Crippen molar-refractivity contribution in [2.75, 3.05) is 20.3 Å². The van der Waals surface area contributed by atoms with Gasteiger partial charge < -0.3 is 10.1 Å². The van der Waals surface area contributed by atoms with Gasteiger partial charge in [0.25, 0.3) is 0 Å². The predicted octanol–water partition coefficient (Wildman–Crippen LogP) is 3.04. The van der Waals surface area contributed by atoms with E-state index in [4.69, 9.17) is 4.74 Å². The summed E-state index contributed by atoms with van der Waals surface area (Å²) in [6, 6.07) is 4.95. The third-order valence-corrected chi connectivity index (χ3v) is 2.82. The number of unbranched alkanes of at least 4 members (excludes halogenated alkanes) is 2. The minimum Gasteiger partial charge on any atom is -0.385 e. The smallest absolute Gasteiger partial charge is 0.123 e. The molecular weight excluding hydrogens is 217 g/mol. The maximum Gasteiger partial charge on any atom is 0.123 e. The van der Waals surface area contributed by atoms with Crippen LogP contribution in [0.25, 0.3) is 0 Å². The summed E-state index contributed by atoms with van der Waals surface area (Å²) in [4.78, 5) is 0. The van der Waals surface area contributed by atoms with Gasteiger partial charge in [0, 0.05) is 20.3 Å². The molecule has 0 unspecified atom stereocenters. The second kappa shape index (κ2) is 8.20. The second-order valence-electron chi connectivity index (χ2n) is 4.30. The molecule has 3 heteroatoms. The summed E-state index contributed by atoms with van der Waals surface area (Å²) in [6.45, 7) is 4.60. The van der Waals surface area contributed by atoms with E-state index >= 15 is 0 Å². The van der Waals surface area contributed by atoms with E-state index in [1.807, 2.05) is 13.0 Å². The molecule has 2 nitrogen and oxygen atoms in total. The molecule has 0 amide bonds. The molecule has 17 heavy (non-hydrogen) atoms. The molecule has 1 aromatic rings. The van der Waals surface area contributed by atoms with Crippen molar-refractivity contribution in [3.05, 3.63) is 35.1 Å². The topological polar surface area (TPSA) is 21.3 Å². The van der Waals surface area contributed by atoms with E-state index in [2.05, 4.69) is 5.32 Å². The van der Waals surface area contributed by atoms with Crippen molar-refractivity contribution in [2.24, 2.45) is 0 Å². The summed E-state index contributed by atoms with van der Waals surface area (Å²) in [7, 11) is 1.73. The van der Waals surface area contributed by atoms with Gasteiger partial charge in [-0.05, 0) is 56.0 Å². The van der Waals surface area contributed by atoms with E-state index in [0.29, 0.717) is 0 Å². The van der Waals surface area contributed by atoms with Gasteiger partial charge in [0.15, 0.2) is 0 Å². The van der Waals surface area contributed by atoms with Gasteiger partial charge in [0.2, 0.25) is 0 Å². The standard InChI is InChI=1S/C14H22FNO/c1-12-10-14(15)7-6-13(12)11-16-8-4-3-5-9-17-2/h6-7,10,16H,3-5,8-9,11H2,1-2H3. The fraction of sp³-hybridized carbons (Fsp3) is 0.571. The van der Waals surface area contributed by atoms with Crippen LogP contribution in [-0.4, -0.2) is 20.3 Å². The average Bonchev–Trinajstić information content (AvgIpc) is 2.30. The highest BCUT2D eigenvalue weighted by atomic mass is 19.1. The van der Waals surface area contributed by atoms with Crippen molar-refractivity contribution >= 4 is 0 Å². The van der Waals surface area contributed by atoms with Crippen LogP contribution in [0.15, 0.2) is 18.2 Å². The summed E-state index contributed by atoms with van der Waals surface area (Å²) in [5.74, 6) is -0.161. The number of halogens is 1. The molecule has 0 fully saturated rings. The highest BCUT2D eigenvalue weighted by Gasteiger charge is 1.99. The van der Waals surface area contributed by atoms with E-state index in [1.54, 1.807) is 13.2 Å². The molecule has 96 valence electrons. The Kier molecular flexibility index (Phi) is 6.82. The molecule has 0 bridgehead atoms. The van der Waals surface area contributed by atoms with Crippen molar-refractivity contribution < 1.29 is 9.13 Å². The first-order valence-electron chi connectivity index (χ1n) is 6.18. The summed E-state index contributed by atoms with van der Waals surface area (Å²) >= 11 is 0.